The zero-order chi connectivity index (χ0) is 14.0. The van der Waals surface area contributed by atoms with Crippen molar-refractivity contribution in [3.05, 3.63) is 39.0 Å². The van der Waals surface area contributed by atoms with E-state index in [1.807, 2.05) is 0 Å². The highest BCUT2D eigenvalue weighted by molar-refractivity contribution is 8.01. The van der Waals surface area contributed by atoms with Crippen LogP contribution in [0.2, 0.25) is 0 Å². The fraction of sp³-hybridized carbons (Fsp3) is 0.100. The highest BCUT2D eigenvalue weighted by Gasteiger charge is 2.20. The normalized spacial score (nSPS) is 10.4. The number of pyridine rings is 1. The molecule has 7 nitrogen and oxygen atoms in total. The number of rotatable bonds is 4. The van der Waals surface area contributed by atoms with Gasteiger partial charge in [-0.15, -0.1) is 11.3 Å². The minimum absolute atomic E-state index is 0.0271. The van der Waals surface area contributed by atoms with Gasteiger partial charge in [0.05, 0.1) is 4.92 Å². The van der Waals surface area contributed by atoms with Crippen LogP contribution in [-0.4, -0.2) is 26.0 Å². The van der Waals surface area contributed by atoms with Gasteiger partial charge in [0.25, 0.3) is 0 Å². The van der Waals surface area contributed by atoms with Crippen LogP contribution < -0.4 is 0 Å². The molecule has 0 aromatic carbocycles. The molecular weight excluding hydrogens is 290 g/mol. The van der Waals surface area contributed by atoms with Crippen molar-refractivity contribution in [1.82, 2.24) is 9.97 Å². The largest absolute Gasteiger partial charge is 0.477 e. The number of thiazole rings is 1. The summed E-state index contributed by atoms with van der Waals surface area (Å²) in [4.78, 5) is 29.1. The van der Waals surface area contributed by atoms with E-state index in [1.165, 1.54) is 11.3 Å². The van der Waals surface area contributed by atoms with Crippen LogP contribution in [0.15, 0.2) is 26.9 Å². The van der Waals surface area contributed by atoms with Gasteiger partial charge in [0, 0.05) is 17.1 Å². The zero-order valence-electron chi connectivity index (χ0n) is 9.56. The molecule has 0 spiro atoms. The molecule has 9 heteroatoms. The summed E-state index contributed by atoms with van der Waals surface area (Å²) in [5.41, 5.74) is 0.328. The maximum absolute atomic E-state index is 10.9. The van der Waals surface area contributed by atoms with Crippen molar-refractivity contribution in [2.24, 2.45) is 0 Å². The van der Waals surface area contributed by atoms with Crippen molar-refractivity contribution in [1.29, 1.82) is 0 Å². The van der Waals surface area contributed by atoms with Gasteiger partial charge >= 0.3 is 11.7 Å². The lowest BCUT2D eigenvalue weighted by molar-refractivity contribution is -0.388. The Morgan fingerprint density at radius 3 is 2.74 bits per heavy atom. The molecule has 2 aromatic heterocycles. The molecule has 0 aliphatic carbocycles. The van der Waals surface area contributed by atoms with Gasteiger partial charge in [0.1, 0.15) is 5.69 Å². The van der Waals surface area contributed by atoms with Gasteiger partial charge in [-0.3, -0.25) is 10.1 Å². The van der Waals surface area contributed by atoms with E-state index in [1.54, 1.807) is 12.3 Å². The molecule has 0 saturated heterocycles. The van der Waals surface area contributed by atoms with Gasteiger partial charge < -0.3 is 5.11 Å². The molecule has 0 atom stereocenters. The van der Waals surface area contributed by atoms with Crippen LogP contribution in [0.5, 0.6) is 0 Å². The number of carboxylic acid groups (broad SMARTS) is 1. The highest BCUT2D eigenvalue weighted by atomic mass is 32.2. The topological polar surface area (TPSA) is 106 Å². The first kappa shape index (κ1) is 13.4. The van der Waals surface area contributed by atoms with Crippen LogP contribution in [0.25, 0.3) is 0 Å². The predicted molar refractivity (Wildman–Crippen MR) is 68.8 cm³/mol. The second-order valence-corrected chi connectivity index (χ2v) is 5.53. The molecule has 98 valence electrons. The molecule has 0 amide bonds. The van der Waals surface area contributed by atoms with Gasteiger partial charge in [0.15, 0.2) is 9.37 Å². The van der Waals surface area contributed by atoms with E-state index in [-0.39, 0.29) is 16.4 Å². The fourth-order valence-corrected chi connectivity index (χ4v) is 3.07. The summed E-state index contributed by atoms with van der Waals surface area (Å²) >= 11 is 2.31. The van der Waals surface area contributed by atoms with Gasteiger partial charge in [0.2, 0.25) is 0 Å². The maximum Gasteiger partial charge on any atom is 0.354 e. The number of aryl methyl sites for hydroxylation is 1. The number of hydrogen-bond donors (Lipinski definition) is 1. The monoisotopic (exact) mass is 297 g/mol. The van der Waals surface area contributed by atoms with E-state index >= 15 is 0 Å². The Kier molecular flexibility index (Phi) is 3.76. The molecule has 0 bridgehead atoms. The summed E-state index contributed by atoms with van der Waals surface area (Å²) < 4.78 is 0.579. The second-order valence-electron chi connectivity index (χ2n) is 3.44. The number of aromatic nitrogens is 2. The zero-order valence-corrected chi connectivity index (χ0v) is 11.2. The van der Waals surface area contributed by atoms with Crippen molar-refractivity contribution in [3.63, 3.8) is 0 Å². The molecule has 0 unspecified atom stereocenters. The predicted octanol–water partition coefficient (Wildman–Crippen LogP) is 2.60. The minimum atomic E-state index is -1.23. The Labute approximate surface area is 115 Å². The molecule has 2 heterocycles. The lowest BCUT2D eigenvalue weighted by Crippen LogP contribution is -2.03. The van der Waals surface area contributed by atoms with Crippen molar-refractivity contribution in [3.8, 4) is 0 Å². The van der Waals surface area contributed by atoms with Crippen molar-refractivity contribution in [2.45, 2.75) is 16.3 Å². The molecule has 1 N–H and O–H groups in total. The number of nitro groups is 1. The number of carbonyl (C=O) groups is 1. The molecule has 19 heavy (non-hydrogen) atoms. The summed E-state index contributed by atoms with van der Waals surface area (Å²) in [6.07, 6.45) is 0. The summed E-state index contributed by atoms with van der Waals surface area (Å²) in [6, 6.07) is 2.25. The number of nitrogens with zero attached hydrogens (tertiary/aromatic N) is 3. The summed E-state index contributed by atoms with van der Waals surface area (Å²) in [6.45, 7) is 1.80. The number of carboxylic acids is 1. The van der Waals surface area contributed by atoms with Crippen LogP contribution in [-0.2, 0) is 0 Å². The van der Waals surface area contributed by atoms with E-state index in [4.69, 9.17) is 5.11 Å². The summed E-state index contributed by atoms with van der Waals surface area (Å²) in [5.74, 6) is -1.23. The molecule has 2 rings (SSSR count). The Morgan fingerprint density at radius 2 is 2.21 bits per heavy atom. The first-order valence-electron chi connectivity index (χ1n) is 4.96. The highest BCUT2D eigenvalue weighted by Crippen LogP contribution is 2.34. The van der Waals surface area contributed by atoms with Crippen LogP contribution in [0.3, 0.4) is 0 Å². The average molecular weight is 297 g/mol. The fourth-order valence-electron chi connectivity index (χ4n) is 1.23. The van der Waals surface area contributed by atoms with Crippen LogP contribution in [0, 0.1) is 17.0 Å². The molecule has 0 aliphatic rings. The van der Waals surface area contributed by atoms with E-state index in [9.17, 15) is 14.9 Å². The Bertz CT molecular complexity index is 656. The van der Waals surface area contributed by atoms with Crippen LogP contribution >= 0.6 is 23.1 Å². The van der Waals surface area contributed by atoms with Crippen molar-refractivity contribution in [2.75, 3.05) is 0 Å². The van der Waals surface area contributed by atoms with E-state index < -0.39 is 10.9 Å². The molecule has 0 saturated carbocycles. The molecule has 2 aromatic rings. The molecular formula is C10H7N3O4S2. The standard InChI is InChI=1S/C10H7N3O4S2/c1-5-4-18-10(11-5)19-8-7(13(16)17)3-2-6(12-8)9(14)15/h2-4H,1H3,(H,14,15). The summed E-state index contributed by atoms with van der Waals surface area (Å²) in [5, 5.41) is 21.6. The van der Waals surface area contributed by atoms with Crippen LogP contribution in [0.1, 0.15) is 16.2 Å². The molecule has 0 fully saturated rings. The smallest absolute Gasteiger partial charge is 0.354 e. The first-order valence-corrected chi connectivity index (χ1v) is 6.65. The lowest BCUT2D eigenvalue weighted by Gasteiger charge is -2.01. The lowest BCUT2D eigenvalue weighted by atomic mass is 10.3. The Hall–Kier alpha value is -2.00. The third kappa shape index (κ3) is 3.06. The Morgan fingerprint density at radius 1 is 1.47 bits per heavy atom. The van der Waals surface area contributed by atoms with Crippen LogP contribution in [0.4, 0.5) is 5.69 Å². The average Bonchev–Trinajstić information content (AvgIpc) is 2.74. The number of aromatic carboxylic acids is 1. The van der Waals surface area contributed by atoms with Gasteiger partial charge in [-0.05, 0) is 24.8 Å². The third-order valence-electron chi connectivity index (χ3n) is 2.04. The Balaban J connectivity index is 2.42. The minimum Gasteiger partial charge on any atom is -0.477 e. The second kappa shape index (κ2) is 5.33. The molecule has 0 radical (unpaired) electrons. The van der Waals surface area contributed by atoms with E-state index in [0.717, 1.165) is 29.6 Å². The quantitative estimate of drug-likeness (QED) is 0.682. The summed E-state index contributed by atoms with van der Waals surface area (Å²) in [7, 11) is 0. The van der Waals surface area contributed by atoms with Gasteiger partial charge in [-0.1, -0.05) is 0 Å². The third-order valence-corrected chi connectivity index (χ3v) is 4.09. The first-order chi connectivity index (χ1) is 8.97. The van der Waals surface area contributed by atoms with Crippen molar-refractivity contribution >= 4 is 34.8 Å². The number of hydrogen-bond acceptors (Lipinski definition) is 7. The van der Waals surface area contributed by atoms with E-state index in [0.29, 0.717) is 4.34 Å². The molecule has 0 aliphatic heterocycles. The van der Waals surface area contributed by atoms with Gasteiger partial charge in [-0.2, -0.15) is 0 Å². The van der Waals surface area contributed by atoms with Crippen molar-refractivity contribution < 1.29 is 14.8 Å². The SMILES string of the molecule is Cc1csc(Sc2nc(C(=O)O)ccc2[N+](=O)[O-])n1. The van der Waals surface area contributed by atoms with E-state index in [2.05, 4.69) is 9.97 Å². The maximum atomic E-state index is 10.9. The van der Waals surface area contributed by atoms with Gasteiger partial charge in [-0.25, -0.2) is 14.8 Å².